The van der Waals surface area contributed by atoms with Crippen molar-refractivity contribution in [1.29, 1.82) is 0 Å². The van der Waals surface area contributed by atoms with Gasteiger partial charge in [0.1, 0.15) is 0 Å². The van der Waals surface area contributed by atoms with Gasteiger partial charge in [0.25, 0.3) is 0 Å². The first-order valence-electron chi connectivity index (χ1n) is 8.93. The number of alkyl halides is 4. The summed E-state index contributed by atoms with van der Waals surface area (Å²) in [7, 11) is 0. The molecule has 0 aliphatic heterocycles. The van der Waals surface area contributed by atoms with Crippen LogP contribution in [0.2, 0.25) is 5.02 Å². The van der Waals surface area contributed by atoms with Crippen LogP contribution in [0.25, 0.3) is 22.3 Å². The summed E-state index contributed by atoms with van der Waals surface area (Å²) in [4.78, 5) is 16.7. The third kappa shape index (κ3) is 5.54. The van der Waals surface area contributed by atoms with E-state index in [4.69, 9.17) is 23.2 Å². The van der Waals surface area contributed by atoms with E-state index < -0.39 is 11.2 Å². The summed E-state index contributed by atoms with van der Waals surface area (Å²) >= 11 is 14.1. The Hall–Kier alpha value is -1.75. The van der Waals surface area contributed by atoms with Crippen molar-refractivity contribution in [3.05, 3.63) is 45.6 Å². The Kier molecular flexibility index (Phi) is 7.56. The molecule has 1 N–H and O–H groups in total. The molecule has 0 radical (unpaired) electrons. The molecule has 3 aromatic rings. The highest BCUT2D eigenvalue weighted by molar-refractivity contribution is 7.98. The number of nitrogens with zero attached hydrogens (tertiary/aromatic N) is 3. The van der Waals surface area contributed by atoms with Crippen molar-refractivity contribution in [2.24, 2.45) is 0 Å². The second-order valence-corrected chi connectivity index (χ2v) is 9.15. The zero-order chi connectivity index (χ0) is 22.8. The van der Waals surface area contributed by atoms with E-state index in [0.717, 1.165) is 10.3 Å². The van der Waals surface area contributed by atoms with Crippen LogP contribution in [0.4, 0.5) is 13.2 Å². The third-order valence-electron chi connectivity index (χ3n) is 4.15. The van der Waals surface area contributed by atoms with Gasteiger partial charge in [-0.3, -0.25) is 4.79 Å². The lowest BCUT2D eigenvalue weighted by Crippen LogP contribution is -2.32. The van der Waals surface area contributed by atoms with E-state index in [9.17, 15) is 18.0 Å². The Morgan fingerprint density at radius 1 is 1.42 bits per heavy atom. The predicted molar refractivity (Wildman–Crippen MR) is 121 cm³/mol. The van der Waals surface area contributed by atoms with Crippen molar-refractivity contribution in [3.63, 3.8) is 0 Å². The maximum Gasteiger partial charge on any atom is 0.445 e. The van der Waals surface area contributed by atoms with E-state index in [2.05, 4.69) is 15.4 Å². The summed E-state index contributed by atoms with van der Waals surface area (Å²) in [6.45, 7) is 1.86. The first kappa shape index (κ1) is 23.9. The molecule has 1 unspecified atom stereocenters. The average molecular weight is 509 g/mol. The number of rotatable bonds is 7. The lowest BCUT2D eigenvalue weighted by molar-refractivity contribution is -0.138. The molecule has 0 aliphatic rings. The summed E-state index contributed by atoms with van der Waals surface area (Å²) in [6.07, 6.45) is -0.0107. The van der Waals surface area contributed by atoms with E-state index in [1.165, 1.54) is 12.2 Å². The first-order valence-corrected chi connectivity index (χ1v) is 12.0. The zero-order valence-corrected chi connectivity index (χ0v) is 19.5. The van der Waals surface area contributed by atoms with Crippen molar-refractivity contribution in [2.75, 3.05) is 12.0 Å². The Labute approximate surface area is 194 Å². The molecule has 1 atom stereocenters. The first-order chi connectivity index (χ1) is 14.6. The Morgan fingerprint density at radius 3 is 2.81 bits per heavy atom. The quantitative estimate of drug-likeness (QED) is 0.326. The van der Waals surface area contributed by atoms with Gasteiger partial charge < -0.3 is 5.32 Å². The fourth-order valence-corrected chi connectivity index (χ4v) is 4.64. The van der Waals surface area contributed by atoms with Gasteiger partial charge in [-0.05, 0) is 37.0 Å². The maximum absolute atomic E-state index is 13.1. The van der Waals surface area contributed by atoms with Gasteiger partial charge in [-0.25, -0.2) is 9.50 Å². The normalized spacial score (nSPS) is 13.3. The fraction of sp³-hybridized carbons (Fsp3) is 0.316. The second kappa shape index (κ2) is 9.81. The standard InChI is InChI=1S/C19H17Cl2F3N4OS2/c1-10(9-30-2)25-15(29)6-5-14-16(13-4-3-12(21)7-11(13)8-20)26-18-28(14)27-17(31-18)19(22,23)24/h3-7,10H,8-9H2,1-2H3,(H,25,29)/b6-5+. The number of hydrogen-bond acceptors (Lipinski definition) is 5. The van der Waals surface area contributed by atoms with Crippen LogP contribution >= 0.6 is 46.3 Å². The van der Waals surface area contributed by atoms with E-state index >= 15 is 0 Å². The number of imidazole rings is 1. The van der Waals surface area contributed by atoms with Crippen LogP contribution in [0, 0.1) is 0 Å². The van der Waals surface area contributed by atoms with Gasteiger partial charge in [0.2, 0.25) is 15.9 Å². The van der Waals surface area contributed by atoms with Crippen LogP contribution in [0.3, 0.4) is 0 Å². The smallest absolute Gasteiger partial charge is 0.349 e. The third-order valence-corrected chi connectivity index (χ3v) is 6.45. The molecule has 0 fully saturated rings. The number of aromatic nitrogens is 3. The monoisotopic (exact) mass is 508 g/mol. The molecule has 2 aromatic heterocycles. The summed E-state index contributed by atoms with van der Waals surface area (Å²) in [5, 5.41) is 5.92. The highest BCUT2D eigenvalue weighted by Gasteiger charge is 2.36. The molecule has 12 heteroatoms. The topological polar surface area (TPSA) is 59.3 Å². The zero-order valence-electron chi connectivity index (χ0n) is 16.3. The number of halogens is 5. The van der Waals surface area contributed by atoms with Crippen molar-refractivity contribution in [3.8, 4) is 11.3 Å². The number of amides is 1. The molecule has 1 aromatic carbocycles. The van der Waals surface area contributed by atoms with Crippen LogP contribution in [-0.4, -0.2) is 38.6 Å². The molecule has 0 saturated heterocycles. The molecule has 0 bridgehead atoms. The molecule has 1 amide bonds. The maximum atomic E-state index is 13.1. The molecular weight excluding hydrogens is 492 g/mol. The van der Waals surface area contributed by atoms with E-state index in [1.54, 1.807) is 30.0 Å². The number of carbonyl (C=O) groups is 1. The minimum Gasteiger partial charge on any atom is -0.349 e. The molecule has 0 spiro atoms. The van der Waals surface area contributed by atoms with Crippen molar-refractivity contribution >= 4 is 63.2 Å². The van der Waals surface area contributed by atoms with E-state index in [1.807, 2.05) is 13.2 Å². The van der Waals surface area contributed by atoms with Crippen LogP contribution in [0.15, 0.2) is 24.3 Å². The number of thioether (sulfide) groups is 1. The number of benzene rings is 1. The summed E-state index contributed by atoms with van der Waals surface area (Å²) in [5.74, 6) is 0.479. The van der Waals surface area contributed by atoms with Gasteiger partial charge in [-0.2, -0.15) is 24.9 Å². The van der Waals surface area contributed by atoms with Crippen LogP contribution in [0.1, 0.15) is 23.2 Å². The minimum atomic E-state index is -4.60. The minimum absolute atomic E-state index is 0.0496. The van der Waals surface area contributed by atoms with Crippen LogP contribution < -0.4 is 5.32 Å². The molecule has 2 heterocycles. The molecule has 166 valence electrons. The van der Waals surface area contributed by atoms with Gasteiger partial charge in [-0.15, -0.1) is 16.7 Å². The van der Waals surface area contributed by atoms with Crippen LogP contribution in [-0.2, 0) is 16.9 Å². The van der Waals surface area contributed by atoms with Crippen LogP contribution in [0.5, 0.6) is 0 Å². The lowest BCUT2D eigenvalue weighted by Gasteiger charge is -2.10. The lowest BCUT2D eigenvalue weighted by atomic mass is 10.0. The Morgan fingerprint density at radius 2 is 2.16 bits per heavy atom. The number of hydrogen-bond donors (Lipinski definition) is 1. The fourth-order valence-electron chi connectivity index (χ4n) is 2.87. The Balaban J connectivity index is 2.09. The largest absolute Gasteiger partial charge is 0.445 e. The van der Waals surface area contributed by atoms with Gasteiger partial charge in [-0.1, -0.05) is 29.0 Å². The van der Waals surface area contributed by atoms with E-state index in [0.29, 0.717) is 33.2 Å². The SMILES string of the molecule is CSCC(C)NC(=O)/C=C/c1c(-c2ccc(Cl)cc2CCl)nc2sc(C(F)(F)F)nn12. The molecule has 31 heavy (non-hydrogen) atoms. The number of fused-ring (bicyclic) bond motifs is 1. The van der Waals surface area contributed by atoms with Crippen molar-refractivity contribution < 1.29 is 18.0 Å². The summed E-state index contributed by atoms with van der Waals surface area (Å²) < 4.78 is 40.5. The predicted octanol–water partition coefficient (Wildman–Crippen LogP) is 5.75. The van der Waals surface area contributed by atoms with E-state index in [-0.39, 0.29) is 28.5 Å². The highest BCUT2D eigenvalue weighted by Crippen LogP contribution is 2.36. The molecular formula is C19H17Cl2F3N4OS2. The second-order valence-electron chi connectivity index (χ2n) is 6.58. The van der Waals surface area contributed by atoms with Gasteiger partial charge >= 0.3 is 6.18 Å². The van der Waals surface area contributed by atoms with Gasteiger partial charge in [0.15, 0.2) is 0 Å². The van der Waals surface area contributed by atoms with Gasteiger partial charge in [0, 0.05) is 34.3 Å². The van der Waals surface area contributed by atoms with Gasteiger partial charge in [0.05, 0.1) is 11.4 Å². The number of carbonyl (C=O) groups excluding carboxylic acids is 1. The number of nitrogens with one attached hydrogen (secondary N) is 1. The summed E-state index contributed by atoms with van der Waals surface area (Å²) in [6, 6.07) is 4.93. The molecule has 5 nitrogen and oxygen atoms in total. The average Bonchev–Trinajstić information content (AvgIpc) is 3.24. The van der Waals surface area contributed by atoms with Crippen molar-refractivity contribution in [2.45, 2.75) is 25.0 Å². The molecule has 0 aliphatic carbocycles. The summed E-state index contributed by atoms with van der Waals surface area (Å²) in [5.41, 5.74) is 1.86. The molecule has 0 saturated carbocycles. The Bertz CT molecular complexity index is 1130. The van der Waals surface area contributed by atoms with Crippen molar-refractivity contribution in [1.82, 2.24) is 19.9 Å². The molecule has 3 rings (SSSR count). The highest BCUT2D eigenvalue weighted by atomic mass is 35.5.